The van der Waals surface area contributed by atoms with E-state index in [1.807, 2.05) is 0 Å². The SMILES string of the molecule is CC(C)(C)c1ccc(N(c2ccccc2)c2ccc3cc4c(cc3c2)C2(c3ccccc3-c3ccccc32)c2cc(N(c3ccccc3)c3ccc(C(C)(C)C)cc3)c3ccccc3c2-4)cc1. The van der Waals surface area contributed by atoms with Crippen LogP contribution in [0.4, 0.5) is 34.1 Å². The first-order chi connectivity index (χ1) is 32.5. The van der Waals surface area contributed by atoms with Gasteiger partial charge in [0.05, 0.1) is 11.1 Å². The summed E-state index contributed by atoms with van der Waals surface area (Å²) < 4.78 is 0. The van der Waals surface area contributed by atoms with Gasteiger partial charge in [-0.2, -0.15) is 0 Å². The van der Waals surface area contributed by atoms with Gasteiger partial charge in [0, 0.05) is 33.8 Å². The Bertz CT molecular complexity index is 3470. The van der Waals surface area contributed by atoms with E-state index in [1.54, 1.807) is 0 Å². The number of nitrogens with zero attached hydrogens (tertiary/aromatic N) is 2. The van der Waals surface area contributed by atoms with Gasteiger partial charge >= 0.3 is 0 Å². The lowest BCUT2D eigenvalue weighted by atomic mass is 9.70. The topological polar surface area (TPSA) is 6.48 Å². The van der Waals surface area contributed by atoms with Crippen LogP contribution in [0.3, 0.4) is 0 Å². The van der Waals surface area contributed by atoms with Crippen molar-refractivity contribution in [3.05, 3.63) is 252 Å². The third-order valence-corrected chi connectivity index (χ3v) is 14.5. The molecule has 0 saturated heterocycles. The molecule has 0 heterocycles. The second-order valence-electron chi connectivity index (χ2n) is 20.6. The van der Waals surface area contributed by atoms with Crippen molar-refractivity contribution >= 4 is 55.7 Å². The molecule has 0 atom stereocenters. The predicted octanol–water partition coefficient (Wildman–Crippen LogP) is 17.9. The highest BCUT2D eigenvalue weighted by Gasteiger charge is 2.52. The fourth-order valence-electron chi connectivity index (χ4n) is 11.3. The monoisotopic (exact) mass is 862 g/mol. The average Bonchev–Trinajstić information content (AvgIpc) is 3.80. The Morgan fingerprint density at radius 1 is 0.313 bits per heavy atom. The number of para-hydroxylation sites is 2. The molecule has 0 fully saturated rings. The smallest absolute Gasteiger partial charge is 0.0726 e. The van der Waals surface area contributed by atoms with E-state index >= 15 is 0 Å². The van der Waals surface area contributed by atoms with Crippen molar-refractivity contribution in [3.63, 3.8) is 0 Å². The highest BCUT2D eigenvalue weighted by molar-refractivity contribution is 6.13. The molecule has 2 aliphatic carbocycles. The molecule has 2 heteroatoms. The molecule has 10 aromatic carbocycles. The number of benzene rings is 10. The van der Waals surface area contributed by atoms with Crippen LogP contribution in [0.15, 0.2) is 218 Å². The molecule has 2 nitrogen and oxygen atoms in total. The van der Waals surface area contributed by atoms with Crippen molar-refractivity contribution in [3.8, 4) is 22.3 Å². The molecule has 67 heavy (non-hydrogen) atoms. The Kier molecular flexibility index (Phi) is 9.25. The zero-order valence-corrected chi connectivity index (χ0v) is 39.2. The first-order valence-corrected chi connectivity index (χ1v) is 23.8. The molecule has 324 valence electrons. The van der Waals surface area contributed by atoms with Crippen LogP contribution in [-0.4, -0.2) is 0 Å². The zero-order valence-electron chi connectivity index (χ0n) is 39.2. The van der Waals surface area contributed by atoms with E-state index in [-0.39, 0.29) is 10.8 Å². The maximum Gasteiger partial charge on any atom is 0.0726 e. The van der Waals surface area contributed by atoms with E-state index in [1.165, 1.54) is 82.9 Å². The molecule has 0 bridgehead atoms. The Balaban J connectivity index is 1.14. The van der Waals surface area contributed by atoms with Gasteiger partial charge in [0.25, 0.3) is 0 Å². The molecule has 1 spiro atoms. The highest BCUT2D eigenvalue weighted by atomic mass is 15.1. The van der Waals surface area contributed by atoms with Gasteiger partial charge in [0.1, 0.15) is 0 Å². The molecule has 0 radical (unpaired) electrons. The summed E-state index contributed by atoms with van der Waals surface area (Å²) in [4.78, 5) is 4.88. The largest absolute Gasteiger partial charge is 0.310 e. The molecule has 2 aliphatic rings. The van der Waals surface area contributed by atoms with E-state index in [0.29, 0.717) is 0 Å². The van der Waals surface area contributed by atoms with Crippen LogP contribution < -0.4 is 9.80 Å². The lowest BCUT2D eigenvalue weighted by Gasteiger charge is -2.33. The maximum atomic E-state index is 2.55. The highest BCUT2D eigenvalue weighted by Crippen LogP contribution is 2.65. The minimum Gasteiger partial charge on any atom is -0.310 e. The summed E-state index contributed by atoms with van der Waals surface area (Å²) in [5.41, 5.74) is 19.5. The Hall–Kier alpha value is -7.68. The molecule has 0 amide bonds. The van der Waals surface area contributed by atoms with Crippen LogP contribution in [-0.2, 0) is 16.2 Å². The second kappa shape index (κ2) is 15.2. The van der Waals surface area contributed by atoms with Crippen LogP contribution in [0, 0.1) is 0 Å². The first-order valence-electron chi connectivity index (χ1n) is 23.8. The van der Waals surface area contributed by atoms with Gasteiger partial charge in [-0.15, -0.1) is 0 Å². The maximum absolute atomic E-state index is 2.55. The fraction of sp³-hybridized carbons (Fsp3) is 0.138. The fourth-order valence-corrected chi connectivity index (χ4v) is 11.3. The van der Waals surface area contributed by atoms with Gasteiger partial charge in [-0.25, -0.2) is 0 Å². The Labute approximate surface area is 395 Å². The van der Waals surface area contributed by atoms with Crippen LogP contribution in [0.25, 0.3) is 43.8 Å². The summed E-state index contributed by atoms with van der Waals surface area (Å²) in [6.45, 7) is 13.7. The van der Waals surface area contributed by atoms with Gasteiger partial charge in [-0.1, -0.05) is 181 Å². The third-order valence-electron chi connectivity index (χ3n) is 14.5. The minimum absolute atomic E-state index is 0.0413. The van der Waals surface area contributed by atoms with Crippen LogP contribution in [0.2, 0.25) is 0 Å². The van der Waals surface area contributed by atoms with Crippen molar-refractivity contribution in [1.82, 2.24) is 0 Å². The summed E-state index contributed by atoms with van der Waals surface area (Å²) in [5.74, 6) is 0. The van der Waals surface area contributed by atoms with Crippen molar-refractivity contribution in [2.24, 2.45) is 0 Å². The number of hydrogen-bond acceptors (Lipinski definition) is 2. The van der Waals surface area contributed by atoms with E-state index in [2.05, 4.69) is 270 Å². The van der Waals surface area contributed by atoms with E-state index in [9.17, 15) is 0 Å². The van der Waals surface area contributed by atoms with E-state index < -0.39 is 5.41 Å². The van der Waals surface area contributed by atoms with Crippen molar-refractivity contribution in [1.29, 1.82) is 0 Å². The number of fused-ring (bicyclic) bond motifs is 13. The number of hydrogen-bond donors (Lipinski definition) is 0. The zero-order chi connectivity index (χ0) is 45.7. The lowest BCUT2D eigenvalue weighted by molar-refractivity contribution is 0.590. The lowest BCUT2D eigenvalue weighted by Crippen LogP contribution is -2.26. The summed E-state index contributed by atoms with van der Waals surface area (Å²) in [5, 5.41) is 4.91. The van der Waals surface area contributed by atoms with Crippen molar-refractivity contribution in [2.75, 3.05) is 9.80 Å². The van der Waals surface area contributed by atoms with Gasteiger partial charge in [-0.05, 0) is 161 Å². The molecule has 0 N–H and O–H groups in total. The number of rotatable bonds is 6. The molecule has 0 aromatic heterocycles. The second-order valence-corrected chi connectivity index (χ2v) is 20.6. The van der Waals surface area contributed by atoms with Crippen molar-refractivity contribution in [2.45, 2.75) is 57.8 Å². The molecular weight excluding hydrogens is 809 g/mol. The quantitative estimate of drug-likeness (QED) is 0.164. The Morgan fingerprint density at radius 3 is 1.34 bits per heavy atom. The molecular formula is C65H54N2. The molecule has 0 unspecified atom stereocenters. The van der Waals surface area contributed by atoms with Gasteiger partial charge in [0.15, 0.2) is 0 Å². The van der Waals surface area contributed by atoms with Gasteiger partial charge < -0.3 is 9.80 Å². The van der Waals surface area contributed by atoms with Crippen LogP contribution in [0.1, 0.15) is 74.9 Å². The average molecular weight is 863 g/mol. The first kappa shape index (κ1) is 40.8. The third kappa shape index (κ3) is 6.38. The molecule has 10 aromatic rings. The standard InChI is InChI=1S/C65H54N2/c1-63(2,3)45-30-35-49(36-31-45)66(47-19-9-7-10-20-47)51-34-29-43-40-56-59(41-44(43)39-51)65(57-27-17-15-23-52(57)53-24-16-18-28-58(53)65)60-42-61(54-25-13-14-26-55(54)62(56)60)67(48-21-11-8-12-22-48)50-37-32-46(33-38-50)64(4,5)6/h7-42H,1-6H3. The summed E-state index contributed by atoms with van der Waals surface area (Å²) >= 11 is 0. The van der Waals surface area contributed by atoms with Crippen LogP contribution >= 0.6 is 0 Å². The summed E-state index contributed by atoms with van der Waals surface area (Å²) in [6, 6.07) is 82.1. The molecule has 0 aliphatic heterocycles. The van der Waals surface area contributed by atoms with Gasteiger partial charge in [0.2, 0.25) is 0 Å². The van der Waals surface area contributed by atoms with E-state index in [0.717, 1.165) is 28.4 Å². The molecule has 12 rings (SSSR count). The number of anilines is 6. The van der Waals surface area contributed by atoms with Crippen LogP contribution in [0.5, 0.6) is 0 Å². The molecule has 0 saturated carbocycles. The minimum atomic E-state index is -0.568. The summed E-state index contributed by atoms with van der Waals surface area (Å²) in [7, 11) is 0. The van der Waals surface area contributed by atoms with Gasteiger partial charge in [-0.3, -0.25) is 0 Å². The van der Waals surface area contributed by atoms with Crippen molar-refractivity contribution < 1.29 is 0 Å². The normalized spacial score (nSPS) is 13.3. The summed E-state index contributed by atoms with van der Waals surface area (Å²) in [6.07, 6.45) is 0. The predicted molar refractivity (Wildman–Crippen MR) is 285 cm³/mol. The Morgan fingerprint density at radius 2 is 0.776 bits per heavy atom. The van der Waals surface area contributed by atoms with E-state index in [4.69, 9.17) is 0 Å².